The lowest BCUT2D eigenvalue weighted by Gasteiger charge is -2.13. The number of nitrogens with zero attached hydrogens (tertiary/aromatic N) is 2. The Hall–Kier alpha value is -4.01. The molecule has 2 aliphatic heterocycles. The van der Waals surface area contributed by atoms with Gasteiger partial charge in [-0.3, -0.25) is 19.3 Å². The first-order valence-corrected chi connectivity index (χ1v) is 9.14. The van der Waals surface area contributed by atoms with E-state index in [-0.39, 0.29) is 36.4 Å². The number of rotatable bonds is 5. The number of ether oxygens (including phenoxy) is 2. The summed E-state index contributed by atoms with van der Waals surface area (Å²) in [6.45, 7) is -0.327. The zero-order valence-corrected chi connectivity index (χ0v) is 15.7. The van der Waals surface area contributed by atoms with Gasteiger partial charge in [-0.2, -0.15) is 0 Å². The van der Waals surface area contributed by atoms with Gasteiger partial charge >= 0.3 is 12.1 Å². The number of benzene rings is 2. The van der Waals surface area contributed by atoms with E-state index in [1.165, 1.54) is 18.2 Å². The average Bonchev–Trinajstić information content (AvgIpc) is 3.29. The number of imide groups is 2. The van der Waals surface area contributed by atoms with Crippen molar-refractivity contribution in [3.8, 4) is 0 Å². The topological polar surface area (TPSA) is 110 Å². The summed E-state index contributed by atoms with van der Waals surface area (Å²) in [5, 5.41) is 0. The number of amides is 4. The summed E-state index contributed by atoms with van der Waals surface area (Å²) < 4.78 is 9.60. The van der Waals surface area contributed by atoms with Gasteiger partial charge < -0.3 is 9.47 Å². The zero-order valence-electron chi connectivity index (χ0n) is 15.7. The molecular formula is C21H16N2O7. The van der Waals surface area contributed by atoms with Gasteiger partial charge in [0.25, 0.3) is 17.7 Å². The SMILES string of the molecule is O=C(OCC(=O)N1CCOC1=O)c1ccc2c(c1)C(=O)N(Cc1ccccc1)C2=O. The van der Waals surface area contributed by atoms with Crippen molar-refractivity contribution in [2.75, 3.05) is 19.8 Å². The van der Waals surface area contributed by atoms with Crippen LogP contribution < -0.4 is 0 Å². The molecule has 4 amide bonds. The molecular weight excluding hydrogens is 392 g/mol. The highest BCUT2D eigenvalue weighted by molar-refractivity contribution is 6.21. The number of carbonyl (C=O) groups excluding carboxylic acids is 5. The molecule has 1 fully saturated rings. The van der Waals surface area contributed by atoms with E-state index in [0.717, 1.165) is 15.4 Å². The van der Waals surface area contributed by atoms with Crippen LogP contribution in [0.2, 0.25) is 0 Å². The predicted octanol–water partition coefficient (Wildman–Crippen LogP) is 1.62. The van der Waals surface area contributed by atoms with Crippen LogP contribution in [-0.4, -0.2) is 59.3 Å². The number of fused-ring (bicyclic) bond motifs is 1. The van der Waals surface area contributed by atoms with Crippen molar-refractivity contribution in [3.63, 3.8) is 0 Å². The maximum absolute atomic E-state index is 12.7. The molecule has 152 valence electrons. The van der Waals surface area contributed by atoms with Crippen LogP contribution in [0.1, 0.15) is 36.6 Å². The Morgan fingerprint density at radius 1 is 0.967 bits per heavy atom. The molecule has 0 radical (unpaired) electrons. The Morgan fingerprint density at radius 2 is 1.70 bits per heavy atom. The maximum atomic E-state index is 12.7. The minimum absolute atomic E-state index is 0.0215. The quantitative estimate of drug-likeness (QED) is 0.546. The van der Waals surface area contributed by atoms with Crippen molar-refractivity contribution in [1.29, 1.82) is 0 Å². The minimum Gasteiger partial charge on any atom is -0.452 e. The van der Waals surface area contributed by atoms with Crippen LogP contribution in [0.3, 0.4) is 0 Å². The second kappa shape index (κ2) is 7.78. The van der Waals surface area contributed by atoms with Gasteiger partial charge in [-0.15, -0.1) is 0 Å². The Kier molecular flexibility index (Phi) is 5.01. The molecule has 1 saturated heterocycles. The van der Waals surface area contributed by atoms with E-state index in [1.807, 2.05) is 18.2 Å². The summed E-state index contributed by atoms with van der Waals surface area (Å²) in [6.07, 6.45) is -0.781. The lowest BCUT2D eigenvalue weighted by atomic mass is 10.1. The first kappa shape index (κ1) is 19.3. The number of esters is 1. The van der Waals surface area contributed by atoms with Crippen LogP contribution >= 0.6 is 0 Å². The highest BCUT2D eigenvalue weighted by Crippen LogP contribution is 2.26. The third-order valence-electron chi connectivity index (χ3n) is 4.78. The maximum Gasteiger partial charge on any atom is 0.416 e. The molecule has 4 rings (SSSR count). The first-order valence-electron chi connectivity index (χ1n) is 9.14. The van der Waals surface area contributed by atoms with Crippen molar-refractivity contribution < 1.29 is 33.4 Å². The molecule has 0 spiro atoms. The van der Waals surface area contributed by atoms with Crippen molar-refractivity contribution in [1.82, 2.24) is 9.80 Å². The fourth-order valence-corrected chi connectivity index (χ4v) is 3.24. The molecule has 2 heterocycles. The summed E-state index contributed by atoms with van der Waals surface area (Å²) in [4.78, 5) is 62.8. The van der Waals surface area contributed by atoms with Crippen LogP contribution in [0.5, 0.6) is 0 Å². The summed E-state index contributed by atoms with van der Waals surface area (Å²) in [5.41, 5.74) is 1.11. The van der Waals surface area contributed by atoms with E-state index < -0.39 is 36.4 Å². The monoisotopic (exact) mass is 408 g/mol. The average molecular weight is 408 g/mol. The molecule has 0 aromatic heterocycles. The number of carbonyl (C=O) groups is 5. The van der Waals surface area contributed by atoms with Gasteiger partial charge in [-0.05, 0) is 23.8 Å². The van der Waals surface area contributed by atoms with Gasteiger partial charge in [0.2, 0.25) is 0 Å². The van der Waals surface area contributed by atoms with Crippen molar-refractivity contribution in [3.05, 3.63) is 70.8 Å². The molecule has 9 nitrogen and oxygen atoms in total. The normalized spacial score (nSPS) is 15.3. The minimum atomic E-state index is -0.847. The molecule has 0 atom stereocenters. The molecule has 30 heavy (non-hydrogen) atoms. The molecule has 0 saturated carbocycles. The van der Waals surface area contributed by atoms with Crippen LogP contribution in [0.25, 0.3) is 0 Å². The second-order valence-electron chi connectivity index (χ2n) is 6.68. The standard InChI is InChI=1S/C21H16N2O7/c24-17(22-8-9-29-21(22)28)12-30-20(27)14-6-7-15-16(10-14)19(26)23(18(15)25)11-13-4-2-1-3-5-13/h1-7,10H,8-9,11-12H2. The van der Waals surface area contributed by atoms with E-state index in [4.69, 9.17) is 4.74 Å². The van der Waals surface area contributed by atoms with Crippen LogP contribution in [0.15, 0.2) is 48.5 Å². The molecule has 0 aliphatic carbocycles. The Labute approximate surface area is 170 Å². The lowest BCUT2D eigenvalue weighted by molar-refractivity contribution is -0.131. The number of hydrogen-bond donors (Lipinski definition) is 0. The zero-order chi connectivity index (χ0) is 21.3. The highest BCUT2D eigenvalue weighted by Gasteiger charge is 2.36. The number of hydrogen-bond acceptors (Lipinski definition) is 7. The van der Waals surface area contributed by atoms with Gasteiger partial charge in [-0.1, -0.05) is 30.3 Å². The molecule has 0 N–H and O–H groups in total. The van der Waals surface area contributed by atoms with Gasteiger partial charge in [-0.25, -0.2) is 14.5 Å². The predicted molar refractivity (Wildman–Crippen MR) is 100 cm³/mol. The van der Waals surface area contributed by atoms with E-state index in [0.29, 0.717) is 0 Å². The van der Waals surface area contributed by atoms with Crippen molar-refractivity contribution in [2.24, 2.45) is 0 Å². The van der Waals surface area contributed by atoms with Gasteiger partial charge in [0.05, 0.1) is 29.8 Å². The second-order valence-corrected chi connectivity index (χ2v) is 6.68. The van der Waals surface area contributed by atoms with Crippen LogP contribution in [0, 0.1) is 0 Å². The van der Waals surface area contributed by atoms with Gasteiger partial charge in [0.15, 0.2) is 6.61 Å². The molecule has 9 heteroatoms. The van der Waals surface area contributed by atoms with E-state index in [9.17, 15) is 24.0 Å². The van der Waals surface area contributed by atoms with E-state index in [2.05, 4.69) is 4.74 Å². The molecule has 2 aromatic rings. The smallest absolute Gasteiger partial charge is 0.416 e. The van der Waals surface area contributed by atoms with Crippen LogP contribution in [0.4, 0.5) is 4.79 Å². The summed E-state index contributed by atoms with van der Waals surface area (Å²) in [7, 11) is 0. The van der Waals surface area contributed by atoms with Gasteiger partial charge in [0, 0.05) is 0 Å². The first-order chi connectivity index (χ1) is 14.5. The lowest BCUT2D eigenvalue weighted by Crippen LogP contribution is -2.35. The molecule has 2 aromatic carbocycles. The molecule has 0 bridgehead atoms. The number of cyclic esters (lactones) is 1. The fraction of sp³-hybridized carbons (Fsp3) is 0.190. The summed E-state index contributed by atoms with van der Waals surface area (Å²) in [6, 6.07) is 13.1. The Bertz CT molecular complexity index is 1060. The Balaban J connectivity index is 1.45. The van der Waals surface area contributed by atoms with E-state index in [1.54, 1.807) is 12.1 Å². The fourth-order valence-electron chi connectivity index (χ4n) is 3.24. The largest absolute Gasteiger partial charge is 0.452 e. The Morgan fingerprint density at radius 3 is 2.40 bits per heavy atom. The highest BCUT2D eigenvalue weighted by atomic mass is 16.6. The molecule has 0 unspecified atom stereocenters. The van der Waals surface area contributed by atoms with E-state index >= 15 is 0 Å². The summed E-state index contributed by atoms with van der Waals surface area (Å²) in [5.74, 6) is -2.50. The molecule has 2 aliphatic rings. The third-order valence-corrected chi connectivity index (χ3v) is 4.78. The third kappa shape index (κ3) is 3.52. The van der Waals surface area contributed by atoms with Gasteiger partial charge in [0.1, 0.15) is 6.61 Å². The van der Waals surface area contributed by atoms with Crippen molar-refractivity contribution in [2.45, 2.75) is 6.54 Å². The van der Waals surface area contributed by atoms with Crippen LogP contribution in [-0.2, 0) is 20.8 Å². The van der Waals surface area contributed by atoms with Crippen molar-refractivity contribution >= 4 is 29.8 Å². The summed E-state index contributed by atoms with van der Waals surface area (Å²) >= 11 is 0.